The van der Waals surface area contributed by atoms with Gasteiger partial charge < -0.3 is 9.09 Å². The van der Waals surface area contributed by atoms with Crippen LogP contribution in [0.2, 0.25) is 5.02 Å². The molecular formula is C13H10ClN3O2. The van der Waals surface area contributed by atoms with Crippen LogP contribution < -0.4 is 5.56 Å². The van der Waals surface area contributed by atoms with Gasteiger partial charge in [0, 0.05) is 24.5 Å². The molecule has 3 aromatic rings. The summed E-state index contributed by atoms with van der Waals surface area (Å²) in [5, 5.41) is 2.79. The molecule has 6 heteroatoms. The van der Waals surface area contributed by atoms with Gasteiger partial charge >= 0.3 is 0 Å². The fourth-order valence-corrected chi connectivity index (χ4v) is 2.16. The van der Waals surface area contributed by atoms with Gasteiger partial charge in [-0.2, -0.15) is 5.16 Å². The standard InChI is InChI=1S/C13H10ClN3O2/c14-11-5-9(7-17-4-3-15-8-17)1-2-10(11)12-6-13(18)16-19-12/h1-6,8H,7H2,(H,16,18). The molecule has 96 valence electrons. The molecular weight excluding hydrogens is 266 g/mol. The van der Waals surface area contributed by atoms with E-state index in [1.165, 1.54) is 6.07 Å². The van der Waals surface area contributed by atoms with E-state index in [2.05, 4.69) is 10.1 Å². The SMILES string of the molecule is O=c1cc(-c2ccc(Cn3ccnc3)cc2Cl)o[nH]1. The summed E-state index contributed by atoms with van der Waals surface area (Å²) >= 11 is 6.21. The van der Waals surface area contributed by atoms with E-state index in [0.717, 1.165) is 5.56 Å². The fourth-order valence-electron chi connectivity index (χ4n) is 1.86. The van der Waals surface area contributed by atoms with Crippen LogP contribution in [0.5, 0.6) is 0 Å². The third-order valence-electron chi connectivity index (χ3n) is 2.75. The van der Waals surface area contributed by atoms with Gasteiger partial charge in [0.25, 0.3) is 5.56 Å². The van der Waals surface area contributed by atoms with E-state index in [-0.39, 0.29) is 5.56 Å². The number of hydrogen-bond acceptors (Lipinski definition) is 3. The minimum atomic E-state index is -0.284. The van der Waals surface area contributed by atoms with Crippen molar-refractivity contribution in [2.24, 2.45) is 0 Å². The molecule has 5 nitrogen and oxygen atoms in total. The molecule has 19 heavy (non-hydrogen) atoms. The highest BCUT2D eigenvalue weighted by Gasteiger charge is 2.09. The molecule has 0 aliphatic rings. The lowest BCUT2D eigenvalue weighted by molar-refractivity contribution is 0.426. The minimum absolute atomic E-state index is 0.284. The summed E-state index contributed by atoms with van der Waals surface area (Å²) < 4.78 is 6.99. The van der Waals surface area contributed by atoms with E-state index in [4.69, 9.17) is 16.1 Å². The van der Waals surface area contributed by atoms with Crippen molar-refractivity contribution in [3.05, 3.63) is 63.9 Å². The molecule has 0 bridgehead atoms. The number of rotatable bonds is 3. The van der Waals surface area contributed by atoms with Gasteiger partial charge in [0.1, 0.15) is 0 Å². The molecule has 2 aromatic heterocycles. The number of hydrogen-bond donors (Lipinski definition) is 1. The lowest BCUT2D eigenvalue weighted by Crippen LogP contribution is -1.96. The number of imidazole rings is 1. The van der Waals surface area contributed by atoms with Gasteiger partial charge in [0.2, 0.25) is 0 Å². The smallest absolute Gasteiger partial charge is 0.280 e. The number of nitrogens with one attached hydrogen (secondary N) is 1. The number of aromatic amines is 1. The topological polar surface area (TPSA) is 63.8 Å². The molecule has 1 N–H and O–H groups in total. The number of benzene rings is 1. The van der Waals surface area contributed by atoms with E-state index < -0.39 is 0 Å². The monoisotopic (exact) mass is 275 g/mol. The molecule has 0 amide bonds. The van der Waals surface area contributed by atoms with Crippen LogP contribution in [-0.4, -0.2) is 14.7 Å². The van der Waals surface area contributed by atoms with Crippen molar-refractivity contribution in [3.8, 4) is 11.3 Å². The second-order valence-electron chi connectivity index (χ2n) is 4.13. The summed E-state index contributed by atoms with van der Waals surface area (Å²) in [4.78, 5) is 15.0. The Labute approximate surface area is 113 Å². The van der Waals surface area contributed by atoms with Gasteiger partial charge in [0.05, 0.1) is 17.4 Å². The second-order valence-corrected chi connectivity index (χ2v) is 4.53. The van der Waals surface area contributed by atoms with Crippen LogP contribution in [-0.2, 0) is 6.54 Å². The lowest BCUT2D eigenvalue weighted by Gasteiger charge is -2.05. The Kier molecular flexibility index (Phi) is 2.97. The summed E-state index contributed by atoms with van der Waals surface area (Å²) in [5.74, 6) is 0.434. The van der Waals surface area contributed by atoms with Crippen molar-refractivity contribution < 1.29 is 4.52 Å². The number of nitrogens with zero attached hydrogens (tertiary/aromatic N) is 2. The second kappa shape index (κ2) is 4.78. The van der Waals surface area contributed by atoms with E-state index in [9.17, 15) is 4.79 Å². The van der Waals surface area contributed by atoms with Crippen molar-refractivity contribution in [1.82, 2.24) is 14.7 Å². The van der Waals surface area contributed by atoms with Gasteiger partial charge in [-0.15, -0.1) is 0 Å². The molecule has 0 unspecified atom stereocenters. The average Bonchev–Trinajstić information content (AvgIpc) is 3.01. The van der Waals surface area contributed by atoms with Crippen LogP contribution in [0, 0.1) is 0 Å². The van der Waals surface area contributed by atoms with Crippen LogP contribution in [0.1, 0.15) is 5.56 Å². The van der Waals surface area contributed by atoms with Gasteiger partial charge in [-0.1, -0.05) is 17.7 Å². The first kappa shape index (κ1) is 11.8. The van der Waals surface area contributed by atoms with E-state index in [1.54, 1.807) is 12.5 Å². The highest BCUT2D eigenvalue weighted by atomic mass is 35.5. The van der Waals surface area contributed by atoms with Crippen molar-refractivity contribution in [2.45, 2.75) is 6.54 Å². The molecule has 3 rings (SSSR count). The Hall–Kier alpha value is -2.27. The Bertz CT molecular complexity index is 743. The van der Waals surface area contributed by atoms with Crippen LogP contribution in [0.3, 0.4) is 0 Å². The average molecular weight is 276 g/mol. The number of aromatic nitrogens is 3. The Balaban J connectivity index is 1.91. The zero-order valence-corrected chi connectivity index (χ0v) is 10.6. The molecule has 0 aliphatic heterocycles. The third kappa shape index (κ3) is 2.46. The molecule has 0 saturated carbocycles. The zero-order chi connectivity index (χ0) is 13.2. The predicted molar refractivity (Wildman–Crippen MR) is 71.1 cm³/mol. The molecule has 2 heterocycles. The minimum Gasteiger partial charge on any atom is -0.378 e. The van der Waals surface area contributed by atoms with Crippen molar-refractivity contribution >= 4 is 11.6 Å². The van der Waals surface area contributed by atoms with E-state index >= 15 is 0 Å². The van der Waals surface area contributed by atoms with Gasteiger partial charge in [-0.05, 0) is 17.7 Å². The van der Waals surface area contributed by atoms with Crippen molar-refractivity contribution in [2.75, 3.05) is 0 Å². The van der Waals surface area contributed by atoms with Crippen LogP contribution >= 0.6 is 11.6 Å². The van der Waals surface area contributed by atoms with Gasteiger partial charge in [-0.25, -0.2) is 4.98 Å². The Morgan fingerprint density at radius 1 is 1.37 bits per heavy atom. The van der Waals surface area contributed by atoms with Crippen LogP contribution in [0.15, 0.2) is 52.3 Å². The summed E-state index contributed by atoms with van der Waals surface area (Å²) in [6.07, 6.45) is 5.35. The first-order chi connectivity index (χ1) is 9.22. The van der Waals surface area contributed by atoms with Crippen LogP contribution in [0.25, 0.3) is 11.3 Å². The normalized spacial score (nSPS) is 10.8. The molecule has 0 aliphatic carbocycles. The van der Waals surface area contributed by atoms with E-state index in [0.29, 0.717) is 22.9 Å². The molecule has 0 spiro atoms. The highest BCUT2D eigenvalue weighted by molar-refractivity contribution is 6.33. The van der Waals surface area contributed by atoms with Crippen LogP contribution in [0.4, 0.5) is 0 Å². The molecule has 0 radical (unpaired) electrons. The Morgan fingerprint density at radius 3 is 2.89 bits per heavy atom. The molecule has 0 atom stereocenters. The van der Waals surface area contributed by atoms with Gasteiger partial charge in [-0.3, -0.25) is 4.79 Å². The maximum Gasteiger partial charge on any atom is 0.280 e. The zero-order valence-electron chi connectivity index (χ0n) is 9.84. The highest BCUT2D eigenvalue weighted by Crippen LogP contribution is 2.27. The first-order valence-electron chi connectivity index (χ1n) is 5.65. The number of H-pyrrole nitrogens is 1. The quantitative estimate of drug-likeness (QED) is 0.799. The summed E-state index contributed by atoms with van der Waals surface area (Å²) in [6.45, 7) is 0.692. The predicted octanol–water partition coefficient (Wildman–Crippen LogP) is 2.53. The van der Waals surface area contributed by atoms with Crippen molar-refractivity contribution in [1.29, 1.82) is 0 Å². The largest absolute Gasteiger partial charge is 0.378 e. The third-order valence-corrected chi connectivity index (χ3v) is 3.06. The van der Waals surface area contributed by atoms with Crippen molar-refractivity contribution in [3.63, 3.8) is 0 Å². The maximum atomic E-state index is 11.1. The molecule has 0 fully saturated rings. The van der Waals surface area contributed by atoms with E-state index in [1.807, 2.05) is 29.0 Å². The Morgan fingerprint density at radius 2 is 2.26 bits per heavy atom. The summed E-state index contributed by atoms with van der Waals surface area (Å²) in [7, 11) is 0. The number of halogens is 1. The molecule has 1 aromatic carbocycles. The summed E-state index contributed by atoms with van der Waals surface area (Å²) in [5.41, 5.74) is 1.45. The molecule has 0 saturated heterocycles. The first-order valence-corrected chi connectivity index (χ1v) is 6.03. The summed E-state index contributed by atoms with van der Waals surface area (Å²) in [6, 6.07) is 7.00. The maximum absolute atomic E-state index is 11.1. The lowest BCUT2D eigenvalue weighted by atomic mass is 10.1. The fraction of sp³-hybridized carbons (Fsp3) is 0.0769. The van der Waals surface area contributed by atoms with Gasteiger partial charge in [0.15, 0.2) is 5.76 Å².